The van der Waals surface area contributed by atoms with E-state index in [4.69, 9.17) is 0 Å². The van der Waals surface area contributed by atoms with Gasteiger partial charge in [-0.3, -0.25) is 4.90 Å². The summed E-state index contributed by atoms with van der Waals surface area (Å²) in [5.74, 6) is 0.974. The van der Waals surface area contributed by atoms with E-state index in [1.54, 1.807) is 0 Å². The van der Waals surface area contributed by atoms with Crippen LogP contribution in [0.1, 0.15) is 26.5 Å². The fourth-order valence-electron chi connectivity index (χ4n) is 1.52. The van der Waals surface area contributed by atoms with Gasteiger partial charge in [-0.05, 0) is 32.1 Å². The third kappa shape index (κ3) is 3.88. The maximum atomic E-state index is 4.55. The van der Waals surface area contributed by atoms with Crippen LogP contribution in [-0.2, 0) is 6.54 Å². The number of aromatic nitrogens is 1. The van der Waals surface area contributed by atoms with Crippen LogP contribution in [0.2, 0.25) is 0 Å². The molecule has 0 aromatic carbocycles. The summed E-state index contributed by atoms with van der Waals surface area (Å²) >= 11 is 0. The lowest BCUT2D eigenvalue weighted by Crippen LogP contribution is -2.22. The molecule has 0 radical (unpaired) electrons. The fraction of sp³-hybridized carbons (Fsp3) is 0.583. The van der Waals surface area contributed by atoms with Gasteiger partial charge in [-0.25, -0.2) is 4.98 Å². The molecule has 0 aliphatic heterocycles. The first kappa shape index (κ1) is 12.0. The van der Waals surface area contributed by atoms with Crippen molar-refractivity contribution < 1.29 is 0 Å². The molecule has 1 rings (SSSR count). The number of nitrogens with one attached hydrogen (secondary N) is 1. The molecule has 0 spiro atoms. The summed E-state index contributed by atoms with van der Waals surface area (Å²) in [6.07, 6.45) is 0. The minimum absolute atomic E-state index is 0.918. The van der Waals surface area contributed by atoms with Gasteiger partial charge in [-0.2, -0.15) is 0 Å². The Morgan fingerprint density at radius 3 is 2.53 bits per heavy atom. The van der Waals surface area contributed by atoms with Crippen molar-refractivity contribution in [3.05, 3.63) is 23.9 Å². The van der Waals surface area contributed by atoms with E-state index in [2.05, 4.69) is 48.1 Å². The molecule has 3 nitrogen and oxygen atoms in total. The molecule has 1 aromatic rings. The van der Waals surface area contributed by atoms with E-state index in [0.29, 0.717) is 0 Å². The summed E-state index contributed by atoms with van der Waals surface area (Å²) in [4.78, 5) is 6.90. The van der Waals surface area contributed by atoms with Crippen molar-refractivity contribution in [2.45, 2.75) is 27.3 Å². The summed E-state index contributed by atoms with van der Waals surface area (Å²) in [5, 5.41) is 3.23. The molecule has 1 N–H and O–H groups in total. The van der Waals surface area contributed by atoms with Gasteiger partial charge < -0.3 is 5.32 Å². The Balaban J connectivity index is 2.64. The summed E-state index contributed by atoms with van der Waals surface area (Å²) in [7, 11) is 0. The molecule has 0 bridgehead atoms. The van der Waals surface area contributed by atoms with E-state index in [1.807, 2.05) is 6.07 Å². The minimum atomic E-state index is 0.918. The monoisotopic (exact) mass is 207 g/mol. The zero-order valence-electron chi connectivity index (χ0n) is 9.95. The van der Waals surface area contributed by atoms with E-state index >= 15 is 0 Å². The maximum absolute atomic E-state index is 4.55. The van der Waals surface area contributed by atoms with Gasteiger partial charge in [0.05, 0.1) is 5.69 Å². The van der Waals surface area contributed by atoms with Crippen molar-refractivity contribution in [3.63, 3.8) is 0 Å². The van der Waals surface area contributed by atoms with E-state index in [1.165, 1.54) is 0 Å². The Morgan fingerprint density at radius 2 is 1.93 bits per heavy atom. The van der Waals surface area contributed by atoms with Crippen LogP contribution in [0.25, 0.3) is 0 Å². The zero-order chi connectivity index (χ0) is 11.1. The normalized spacial score (nSPS) is 10.7. The molecule has 0 atom stereocenters. The first-order chi connectivity index (χ1) is 7.30. The van der Waals surface area contributed by atoms with Gasteiger partial charge in [-0.15, -0.1) is 0 Å². The molecule has 0 saturated heterocycles. The van der Waals surface area contributed by atoms with Gasteiger partial charge in [0.2, 0.25) is 0 Å². The molecular weight excluding hydrogens is 186 g/mol. The second-order valence-electron chi connectivity index (χ2n) is 3.51. The number of nitrogens with zero attached hydrogens (tertiary/aromatic N) is 2. The Hall–Kier alpha value is -1.09. The van der Waals surface area contributed by atoms with Crippen LogP contribution in [0.4, 0.5) is 5.82 Å². The van der Waals surface area contributed by atoms with Crippen LogP contribution in [0.15, 0.2) is 18.2 Å². The average molecular weight is 207 g/mol. The Kier molecular flexibility index (Phi) is 5.12. The molecule has 1 heterocycles. The van der Waals surface area contributed by atoms with Crippen LogP contribution >= 0.6 is 0 Å². The van der Waals surface area contributed by atoms with Crippen LogP contribution in [0, 0.1) is 0 Å². The van der Waals surface area contributed by atoms with Crippen molar-refractivity contribution in [2.75, 3.05) is 25.0 Å². The summed E-state index contributed by atoms with van der Waals surface area (Å²) in [5.41, 5.74) is 1.14. The number of anilines is 1. The molecule has 0 amide bonds. The number of hydrogen-bond donors (Lipinski definition) is 1. The Morgan fingerprint density at radius 1 is 1.20 bits per heavy atom. The van der Waals surface area contributed by atoms with Crippen molar-refractivity contribution in [2.24, 2.45) is 0 Å². The predicted molar refractivity (Wildman–Crippen MR) is 65.0 cm³/mol. The summed E-state index contributed by atoms with van der Waals surface area (Å²) in [6.45, 7) is 10.4. The van der Waals surface area contributed by atoms with Crippen LogP contribution in [-0.4, -0.2) is 29.5 Å². The highest BCUT2D eigenvalue weighted by atomic mass is 15.1. The minimum Gasteiger partial charge on any atom is -0.370 e. The summed E-state index contributed by atoms with van der Waals surface area (Å²) in [6, 6.07) is 6.15. The highest BCUT2D eigenvalue weighted by Crippen LogP contribution is 2.06. The zero-order valence-corrected chi connectivity index (χ0v) is 9.95. The van der Waals surface area contributed by atoms with E-state index in [9.17, 15) is 0 Å². The van der Waals surface area contributed by atoms with E-state index < -0.39 is 0 Å². The van der Waals surface area contributed by atoms with Crippen LogP contribution in [0.5, 0.6) is 0 Å². The molecule has 0 saturated carbocycles. The molecule has 15 heavy (non-hydrogen) atoms. The molecule has 3 heteroatoms. The first-order valence-electron chi connectivity index (χ1n) is 5.72. The average Bonchev–Trinajstić information content (AvgIpc) is 2.27. The lowest BCUT2D eigenvalue weighted by atomic mass is 10.3. The van der Waals surface area contributed by atoms with Crippen molar-refractivity contribution in [1.82, 2.24) is 9.88 Å². The van der Waals surface area contributed by atoms with Crippen LogP contribution < -0.4 is 5.32 Å². The molecular formula is C12H21N3. The SMILES string of the molecule is CCNc1cccc(CN(CC)CC)n1. The molecule has 0 aliphatic rings. The van der Waals surface area contributed by atoms with E-state index in [0.717, 1.165) is 37.7 Å². The smallest absolute Gasteiger partial charge is 0.126 e. The quantitative estimate of drug-likeness (QED) is 0.776. The van der Waals surface area contributed by atoms with E-state index in [-0.39, 0.29) is 0 Å². The second kappa shape index (κ2) is 6.40. The lowest BCUT2D eigenvalue weighted by molar-refractivity contribution is 0.292. The highest BCUT2D eigenvalue weighted by Gasteiger charge is 2.02. The second-order valence-corrected chi connectivity index (χ2v) is 3.51. The van der Waals surface area contributed by atoms with Gasteiger partial charge in [0, 0.05) is 13.1 Å². The summed E-state index contributed by atoms with van der Waals surface area (Å²) < 4.78 is 0. The standard InChI is InChI=1S/C12H21N3/c1-4-13-12-9-7-8-11(14-12)10-15(5-2)6-3/h7-9H,4-6,10H2,1-3H3,(H,13,14). The van der Waals surface area contributed by atoms with Gasteiger partial charge in [0.1, 0.15) is 5.82 Å². The molecule has 0 fully saturated rings. The third-order valence-corrected chi connectivity index (χ3v) is 2.44. The molecule has 0 aliphatic carbocycles. The Bertz CT molecular complexity index is 282. The van der Waals surface area contributed by atoms with Gasteiger partial charge >= 0.3 is 0 Å². The largest absolute Gasteiger partial charge is 0.370 e. The van der Waals surface area contributed by atoms with Crippen LogP contribution in [0.3, 0.4) is 0 Å². The van der Waals surface area contributed by atoms with Gasteiger partial charge in [-0.1, -0.05) is 19.9 Å². The number of pyridine rings is 1. The lowest BCUT2D eigenvalue weighted by Gasteiger charge is -2.17. The third-order valence-electron chi connectivity index (χ3n) is 2.44. The highest BCUT2D eigenvalue weighted by molar-refractivity contribution is 5.34. The first-order valence-corrected chi connectivity index (χ1v) is 5.72. The molecule has 0 unspecified atom stereocenters. The Labute approximate surface area is 92.5 Å². The maximum Gasteiger partial charge on any atom is 0.126 e. The topological polar surface area (TPSA) is 28.2 Å². The number of rotatable bonds is 6. The van der Waals surface area contributed by atoms with Gasteiger partial charge in [0.25, 0.3) is 0 Å². The molecule has 84 valence electrons. The predicted octanol–water partition coefficient (Wildman–Crippen LogP) is 2.36. The molecule has 1 aromatic heterocycles. The number of hydrogen-bond acceptors (Lipinski definition) is 3. The van der Waals surface area contributed by atoms with Gasteiger partial charge in [0.15, 0.2) is 0 Å². The fourth-order valence-corrected chi connectivity index (χ4v) is 1.52. The van der Waals surface area contributed by atoms with Crippen molar-refractivity contribution in [3.8, 4) is 0 Å². The van der Waals surface area contributed by atoms with Crippen molar-refractivity contribution in [1.29, 1.82) is 0 Å². The van der Waals surface area contributed by atoms with Crippen molar-refractivity contribution >= 4 is 5.82 Å².